The van der Waals surface area contributed by atoms with E-state index in [4.69, 9.17) is 14.2 Å². The predicted molar refractivity (Wildman–Crippen MR) is 132 cm³/mol. The Hall–Kier alpha value is -1.81. The number of Topliss-reactive ketones (excluding diaryl/α,β-unsaturated/α-hetero) is 1. The molecule has 0 amide bonds. The molecule has 0 aromatic carbocycles. The lowest BCUT2D eigenvalue weighted by Crippen LogP contribution is -2.87. The van der Waals surface area contributed by atoms with Crippen molar-refractivity contribution in [2.24, 2.45) is 16.7 Å². The molecule has 3 fully saturated rings. The predicted octanol–water partition coefficient (Wildman–Crippen LogP) is 2.02. The van der Waals surface area contributed by atoms with E-state index in [9.17, 15) is 24.6 Å². The maximum Gasteiger partial charge on any atom is 0.307 e. The summed E-state index contributed by atoms with van der Waals surface area (Å²) >= 11 is 0. The van der Waals surface area contributed by atoms with Gasteiger partial charge < -0.3 is 29.3 Å². The normalized spacial score (nSPS) is 43.8. The van der Waals surface area contributed by atoms with Gasteiger partial charge in [-0.25, -0.2) is 0 Å². The molecule has 1 unspecified atom stereocenters. The van der Waals surface area contributed by atoms with Crippen LogP contribution in [0.4, 0.5) is 0 Å². The summed E-state index contributed by atoms with van der Waals surface area (Å²) in [6, 6.07) is 0. The highest BCUT2D eigenvalue weighted by molar-refractivity contribution is 5.92. The second kappa shape index (κ2) is 9.19. The summed E-state index contributed by atoms with van der Waals surface area (Å²) in [5, 5.41) is 24.0. The van der Waals surface area contributed by atoms with E-state index in [-0.39, 0.29) is 12.8 Å². The third kappa shape index (κ3) is 4.12. The molecule has 1 aliphatic heterocycles. The van der Waals surface area contributed by atoms with Gasteiger partial charge in [0.25, 0.3) is 0 Å². The van der Waals surface area contributed by atoms with Gasteiger partial charge in [0.1, 0.15) is 11.7 Å². The highest BCUT2D eigenvalue weighted by atomic mass is 16.6. The number of ketones is 1. The molecular weight excluding hydrogens is 466 g/mol. The number of carbonyl (C=O) groups is 3. The van der Waals surface area contributed by atoms with Gasteiger partial charge >= 0.3 is 11.9 Å². The highest BCUT2D eigenvalue weighted by Crippen LogP contribution is 2.67. The third-order valence-corrected chi connectivity index (χ3v) is 9.03. The van der Waals surface area contributed by atoms with Gasteiger partial charge in [0.2, 0.25) is 0 Å². The fraction of sp³-hybridized carbons (Fsp3) is 0.815. The van der Waals surface area contributed by atoms with Crippen molar-refractivity contribution < 1.29 is 38.8 Å². The van der Waals surface area contributed by atoms with E-state index in [1.54, 1.807) is 13.8 Å². The Labute approximate surface area is 214 Å². The SMILES string of the molecule is C=C[C@@]1(C)CC(=O)[C@]2(O)[C@@]3(C)[C@@H](O)CCC(C)(C)[C@@H]3C(OC(=O)CCN(C)C)[C@H](OC(C)=O)[C@@]2(C)O1. The number of hydrogen-bond donors (Lipinski definition) is 2. The summed E-state index contributed by atoms with van der Waals surface area (Å²) in [6.07, 6.45) is -1.19. The van der Waals surface area contributed by atoms with E-state index in [1.807, 2.05) is 32.8 Å². The lowest BCUT2D eigenvalue weighted by atomic mass is 9.39. The fourth-order valence-electron chi connectivity index (χ4n) is 7.27. The van der Waals surface area contributed by atoms with Crippen molar-refractivity contribution >= 4 is 17.7 Å². The van der Waals surface area contributed by atoms with Gasteiger partial charge in [-0.2, -0.15) is 0 Å². The van der Waals surface area contributed by atoms with E-state index in [1.165, 1.54) is 19.9 Å². The first-order valence-corrected chi connectivity index (χ1v) is 12.7. The molecule has 0 spiro atoms. The fourth-order valence-corrected chi connectivity index (χ4v) is 7.27. The van der Waals surface area contributed by atoms with Gasteiger partial charge in [-0.15, -0.1) is 6.58 Å². The second-order valence-corrected chi connectivity index (χ2v) is 12.4. The molecule has 9 heteroatoms. The highest BCUT2D eigenvalue weighted by Gasteiger charge is 2.82. The number of fused-ring (bicyclic) bond motifs is 3. The van der Waals surface area contributed by atoms with Crippen molar-refractivity contribution in [1.82, 2.24) is 4.90 Å². The Balaban J connectivity index is 2.29. The van der Waals surface area contributed by atoms with Crippen LogP contribution in [0.25, 0.3) is 0 Å². The van der Waals surface area contributed by atoms with E-state index in [0.717, 1.165) is 0 Å². The lowest BCUT2D eigenvalue weighted by molar-refractivity contribution is -0.371. The van der Waals surface area contributed by atoms with E-state index < -0.39 is 69.6 Å². The van der Waals surface area contributed by atoms with Crippen molar-refractivity contribution in [2.45, 2.75) is 102 Å². The van der Waals surface area contributed by atoms with Crippen LogP contribution in [0.2, 0.25) is 0 Å². The van der Waals surface area contributed by atoms with Crippen LogP contribution in [0.1, 0.15) is 67.2 Å². The molecule has 0 bridgehead atoms. The standard InChI is InChI=1S/C27H43NO8/c1-10-24(5)15-18(31)27(33)25(6)17(30)11-13-23(3,4)21(25)20(35-19(32)12-14-28(8)9)22(34-16(2)29)26(27,7)36-24/h10,17,20-22,30,33H,1,11-15H2,2-9H3/t17-,20?,21-,22-,24-,25-,26+,27-/m0/s1. The summed E-state index contributed by atoms with van der Waals surface area (Å²) < 4.78 is 18.4. The summed E-state index contributed by atoms with van der Waals surface area (Å²) in [5.74, 6) is -2.43. The Kier molecular flexibility index (Phi) is 7.34. The Morgan fingerprint density at radius 1 is 1.19 bits per heavy atom. The largest absolute Gasteiger partial charge is 0.458 e. The van der Waals surface area contributed by atoms with Crippen LogP contribution >= 0.6 is 0 Å². The van der Waals surface area contributed by atoms with Gasteiger partial charge in [-0.05, 0) is 46.2 Å². The molecule has 1 saturated heterocycles. The zero-order chi connectivity index (χ0) is 27.5. The molecule has 0 aromatic heterocycles. The average molecular weight is 510 g/mol. The molecule has 3 aliphatic rings. The molecule has 1 heterocycles. The van der Waals surface area contributed by atoms with Gasteiger partial charge in [0.05, 0.1) is 18.1 Å². The van der Waals surface area contributed by atoms with Crippen LogP contribution in [-0.2, 0) is 28.6 Å². The van der Waals surface area contributed by atoms with Gasteiger partial charge in [-0.1, -0.05) is 26.8 Å². The minimum atomic E-state index is -2.24. The molecule has 204 valence electrons. The topological polar surface area (TPSA) is 123 Å². The molecule has 3 rings (SSSR count). The number of aliphatic hydroxyl groups excluding tert-OH is 1. The Bertz CT molecular complexity index is 933. The van der Waals surface area contributed by atoms with Crippen LogP contribution in [0, 0.1) is 16.7 Å². The molecule has 0 aromatic rings. The maximum absolute atomic E-state index is 13.9. The van der Waals surface area contributed by atoms with Crippen LogP contribution in [0.3, 0.4) is 0 Å². The molecular formula is C27H43NO8. The second-order valence-electron chi connectivity index (χ2n) is 12.4. The van der Waals surface area contributed by atoms with Crippen molar-refractivity contribution in [3.63, 3.8) is 0 Å². The molecule has 8 atom stereocenters. The number of ether oxygens (including phenoxy) is 3. The first-order chi connectivity index (χ1) is 16.4. The van der Waals surface area contributed by atoms with E-state index in [2.05, 4.69) is 6.58 Å². The first-order valence-electron chi connectivity index (χ1n) is 12.7. The van der Waals surface area contributed by atoms with Crippen molar-refractivity contribution in [3.8, 4) is 0 Å². The van der Waals surface area contributed by atoms with Gasteiger partial charge in [-0.3, -0.25) is 14.4 Å². The van der Waals surface area contributed by atoms with Crippen LogP contribution in [0.5, 0.6) is 0 Å². The molecule has 36 heavy (non-hydrogen) atoms. The monoisotopic (exact) mass is 509 g/mol. The van der Waals surface area contributed by atoms with Crippen LogP contribution in [-0.4, -0.2) is 88.6 Å². The Morgan fingerprint density at radius 3 is 2.33 bits per heavy atom. The number of esters is 2. The number of hydrogen-bond acceptors (Lipinski definition) is 9. The Morgan fingerprint density at radius 2 is 1.81 bits per heavy atom. The summed E-state index contributed by atoms with van der Waals surface area (Å²) in [6.45, 7) is 14.2. The first kappa shape index (κ1) is 28.8. The quantitative estimate of drug-likeness (QED) is 0.409. The average Bonchev–Trinajstić information content (AvgIpc) is 2.75. The lowest BCUT2D eigenvalue weighted by Gasteiger charge is -2.71. The molecule has 2 aliphatic carbocycles. The minimum Gasteiger partial charge on any atom is -0.458 e. The minimum absolute atomic E-state index is 0.0911. The summed E-state index contributed by atoms with van der Waals surface area (Å²) in [7, 11) is 3.68. The molecule has 0 radical (unpaired) electrons. The van der Waals surface area contributed by atoms with Crippen LogP contribution < -0.4 is 0 Å². The third-order valence-electron chi connectivity index (χ3n) is 9.03. The number of carbonyl (C=O) groups excluding carboxylic acids is 3. The number of nitrogens with zero attached hydrogens (tertiary/aromatic N) is 1. The van der Waals surface area contributed by atoms with Crippen molar-refractivity contribution in [1.29, 1.82) is 0 Å². The maximum atomic E-state index is 13.9. The number of aliphatic hydroxyl groups is 2. The molecule has 2 N–H and O–H groups in total. The van der Waals surface area contributed by atoms with E-state index in [0.29, 0.717) is 19.4 Å². The van der Waals surface area contributed by atoms with Gasteiger partial charge in [0.15, 0.2) is 17.5 Å². The zero-order valence-electron chi connectivity index (χ0n) is 22.9. The smallest absolute Gasteiger partial charge is 0.307 e. The van der Waals surface area contributed by atoms with Crippen molar-refractivity contribution in [2.75, 3.05) is 20.6 Å². The van der Waals surface area contributed by atoms with Crippen LogP contribution in [0.15, 0.2) is 12.7 Å². The zero-order valence-corrected chi connectivity index (χ0v) is 22.9. The molecule has 9 nitrogen and oxygen atoms in total. The number of rotatable bonds is 6. The van der Waals surface area contributed by atoms with Crippen molar-refractivity contribution in [3.05, 3.63) is 12.7 Å². The summed E-state index contributed by atoms with van der Waals surface area (Å²) in [4.78, 5) is 41.3. The van der Waals surface area contributed by atoms with Gasteiger partial charge in [0, 0.05) is 31.2 Å². The molecule has 2 saturated carbocycles. The summed E-state index contributed by atoms with van der Waals surface area (Å²) in [5.41, 5.74) is -7.31. The van der Waals surface area contributed by atoms with E-state index >= 15 is 0 Å².